The van der Waals surface area contributed by atoms with Crippen LogP contribution in [0, 0.1) is 5.92 Å². The molecule has 6 nitrogen and oxygen atoms in total. The Bertz CT molecular complexity index is 308. The Morgan fingerprint density at radius 3 is 2.75 bits per heavy atom. The van der Waals surface area contributed by atoms with Crippen LogP contribution in [-0.2, 0) is 9.59 Å². The third-order valence-electron chi connectivity index (χ3n) is 2.50. The molecule has 0 aromatic heterocycles. The molecule has 0 radical (unpaired) electrons. The van der Waals surface area contributed by atoms with Crippen molar-refractivity contribution in [3.05, 3.63) is 0 Å². The number of carbonyl (C=O) groups excluding carboxylic acids is 2. The van der Waals surface area contributed by atoms with Gasteiger partial charge in [0.15, 0.2) is 5.78 Å². The topological polar surface area (TPSA) is 95.5 Å². The molecule has 1 saturated heterocycles. The quantitative estimate of drug-likeness (QED) is 0.595. The molecule has 0 spiro atoms. The van der Waals surface area contributed by atoms with Crippen molar-refractivity contribution in [3.63, 3.8) is 0 Å². The van der Waals surface area contributed by atoms with E-state index in [2.05, 4.69) is 10.6 Å². The molecular weight excluding hydrogens is 236 g/mol. The zero-order valence-corrected chi connectivity index (χ0v) is 9.29. The number of ketones is 1. The summed E-state index contributed by atoms with van der Waals surface area (Å²) in [5.74, 6) is -1.13. The molecule has 90 valence electrons. The van der Waals surface area contributed by atoms with Gasteiger partial charge in [-0.05, 0) is 12.8 Å². The van der Waals surface area contributed by atoms with Crippen LogP contribution >= 0.6 is 11.6 Å². The van der Waals surface area contributed by atoms with Gasteiger partial charge in [-0.2, -0.15) is 0 Å². The maximum Gasteiger partial charge on any atom is 0.405 e. The van der Waals surface area contributed by atoms with Gasteiger partial charge in [0, 0.05) is 12.5 Å². The van der Waals surface area contributed by atoms with Crippen molar-refractivity contribution < 1.29 is 19.5 Å². The van der Waals surface area contributed by atoms with Crippen LogP contribution in [0.1, 0.15) is 12.8 Å². The fourth-order valence-electron chi connectivity index (χ4n) is 1.67. The molecule has 1 fully saturated rings. The van der Waals surface area contributed by atoms with Crippen LogP contribution in [0.2, 0.25) is 0 Å². The number of carbonyl (C=O) groups is 3. The van der Waals surface area contributed by atoms with Crippen molar-refractivity contribution in [2.75, 3.05) is 12.4 Å². The fraction of sp³-hybridized carbons (Fsp3) is 0.667. The van der Waals surface area contributed by atoms with Gasteiger partial charge in [0.1, 0.15) is 0 Å². The first-order chi connectivity index (χ1) is 7.54. The molecule has 0 saturated carbocycles. The van der Waals surface area contributed by atoms with Gasteiger partial charge in [-0.3, -0.25) is 9.59 Å². The van der Waals surface area contributed by atoms with Gasteiger partial charge in [0.2, 0.25) is 5.91 Å². The van der Waals surface area contributed by atoms with E-state index < -0.39 is 17.9 Å². The smallest absolute Gasteiger partial charge is 0.405 e. The number of hydrogen-bond acceptors (Lipinski definition) is 3. The Hall–Kier alpha value is -1.30. The minimum Gasteiger partial charge on any atom is -0.465 e. The zero-order valence-electron chi connectivity index (χ0n) is 8.53. The zero-order chi connectivity index (χ0) is 12.1. The van der Waals surface area contributed by atoms with Crippen LogP contribution in [-0.4, -0.2) is 41.4 Å². The van der Waals surface area contributed by atoms with E-state index in [1.807, 2.05) is 0 Å². The molecule has 1 rings (SSSR count). The predicted molar refractivity (Wildman–Crippen MR) is 56.4 cm³/mol. The van der Waals surface area contributed by atoms with E-state index in [4.69, 9.17) is 16.7 Å². The first kappa shape index (κ1) is 12.8. The third kappa shape index (κ3) is 3.37. The Balaban J connectivity index is 2.58. The maximum absolute atomic E-state index is 11.4. The third-order valence-corrected chi connectivity index (χ3v) is 2.76. The van der Waals surface area contributed by atoms with Gasteiger partial charge in [0.25, 0.3) is 0 Å². The standard InChI is InChI=1S/C9H13ClN2O4/c10-4-7(13)6(12-9(15)16)3-5-1-2-11-8(5)14/h5-6,12H,1-4H2,(H,11,14)(H,15,16)/t5-,6?/m0/s1. The van der Waals surface area contributed by atoms with Crippen LogP contribution in [0.4, 0.5) is 4.79 Å². The van der Waals surface area contributed by atoms with Gasteiger partial charge in [-0.1, -0.05) is 0 Å². The van der Waals surface area contributed by atoms with Crippen molar-refractivity contribution in [1.82, 2.24) is 10.6 Å². The number of halogens is 1. The molecule has 7 heteroatoms. The van der Waals surface area contributed by atoms with E-state index >= 15 is 0 Å². The van der Waals surface area contributed by atoms with Crippen molar-refractivity contribution in [2.45, 2.75) is 18.9 Å². The van der Waals surface area contributed by atoms with E-state index in [-0.39, 0.29) is 24.1 Å². The summed E-state index contributed by atoms with van der Waals surface area (Å²) in [7, 11) is 0. The van der Waals surface area contributed by atoms with Crippen molar-refractivity contribution >= 4 is 29.4 Å². The van der Waals surface area contributed by atoms with Gasteiger partial charge < -0.3 is 15.7 Å². The van der Waals surface area contributed by atoms with Gasteiger partial charge in [-0.15, -0.1) is 11.6 Å². The number of carboxylic acid groups (broad SMARTS) is 1. The summed E-state index contributed by atoms with van der Waals surface area (Å²) in [5.41, 5.74) is 0. The van der Waals surface area contributed by atoms with Gasteiger partial charge >= 0.3 is 6.09 Å². The Morgan fingerprint density at radius 2 is 2.31 bits per heavy atom. The molecule has 0 aromatic carbocycles. The van der Waals surface area contributed by atoms with Gasteiger partial charge in [0.05, 0.1) is 11.9 Å². The first-order valence-corrected chi connectivity index (χ1v) is 5.44. The second-order valence-corrected chi connectivity index (χ2v) is 3.88. The SMILES string of the molecule is O=C(O)NC(C[C@@H]1CCNC1=O)C(=O)CCl. The van der Waals surface area contributed by atoms with Crippen LogP contribution in [0.25, 0.3) is 0 Å². The van der Waals surface area contributed by atoms with E-state index in [0.29, 0.717) is 13.0 Å². The Labute approximate surface area is 97.3 Å². The number of hydrogen-bond donors (Lipinski definition) is 3. The second kappa shape index (κ2) is 5.69. The predicted octanol–water partition coefficient (Wildman–Crippen LogP) is -0.0433. The molecule has 1 aliphatic rings. The molecule has 0 aromatic rings. The Morgan fingerprint density at radius 1 is 1.62 bits per heavy atom. The number of alkyl halides is 1. The summed E-state index contributed by atoms with van der Waals surface area (Å²) >= 11 is 5.37. The van der Waals surface area contributed by atoms with Crippen molar-refractivity contribution in [1.29, 1.82) is 0 Å². The highest BCUT2D eigenvalue weighted by atomic mass is 35.5. The molecule has 0 bridgehead atoms. The molecule has 2 amide bonds. The molecule has 0 aliphatic carbocycles. The fourth-order valence-corrected chi connectivity index (χ4v) is 1.85. The molecule has 3 N–H and O–H groups in total. The lowest BCUT2D eigenvalue weighted by Crippen LogP contribution is -2.42. The van der Waals surface area contributed by atoms with E-state index in [1.165, 1.54) is 0 Å². The summed E-state index contributed by atoms with van der Waals surface area (Å²) in [6.45, 7) is 0.568. The average Bonchev–Trinajstić information content (AvgIpc) is 2.61. The summed E-state index contributed by atoms with van der Waals surface area (Å²) in [5, 5.41) is 13.3. The normalized spacial score (nSPS) is 21.3. The minimum absolute atomic E-state index is 0.139. The lowest BCUT2D eigenvalue weighted by molar-refractivity contribution is -0.123. The largest absolute Gasteiger partial charge is 0.465 e. The van der Waals surface area contributed by atoms with Crippen LogP contribution < -0.4 is 10.6 Å². The maximum atomic E-state index is 11.4. The number of Topliss-reactive ketones (excluding diaryl/α,β-unsaturated/α-hetero) is 1. The highest BCUT2D eigenvalue weighted by molar-refractivity contribution is 6.28. The van der Waals surface area contributed by atoms with Crippen LogP contribution in [0.5, 0.6) is 0 Å². The first-order valence-electron chi connectivity index (χ1n) is 4.90. The minimum atomic E-state index is -1.29. The van der Waals surface area contributed by atoms with E-state index in [1.54, 1.807) is 0 Å². The lowest BCUT2D eigenvalue weighted by atomic mass is 9.96. The van der Waals surface area contributed by atoms with Crippen molar-refractivity contribution in [2.24, 2.45) is 5.92 Å². The number of amides is 2. The molecule has 1 heterocycles. The van der Waals surface area contributed by atoms with Crippen molar-refractivity contribution in [3.8, 4) is 0 Å². The van der Waals surface area contributed by atoms with Crippen LogP contribution in [0.15, 0.2) is 0 Å². The molecule has 1 aliphatic heterocycles. The van der Waals surface area contributed by atoms with E-state index in [9.17, 15) is 14.4 Å². The Kier molecular flexibility index (Phi) is 4.54. The summed E-state index contributed by atoms with van der Waals surface area (Å²) in [4.78, 5) is 33.1. The second-order valence-electron chi connectivity index (χ2n) is 3.61. The molecule has 1 unspecified atom stereocenters. The summed E-state index contributed by atoms with van der Waals surface area (Å²) < 4.78 is 0. The molecule has 2 atom stereocenters. The number of rotatable bonds is 5. The highest BCUT2D eigenvalue weighted by Gasteiger charge is 2.30. The van der Waals surface area contributed by atoms with Gasteiger partial charge in [-0.25, -0.2) is 4.79 Å². The monoisotopic (exact) mass is 248 g/mol. The molecule has 16 heavy (non-hydrogen) atoms. The average molecular weight is 249 g/mol. The number of nitrogens with one attached hydrogen (secondary N) is 2. The summed E-state index contributed by atoms with van der Waals surface area (Å²) in [6.07, 6.45) is -0.502. The van der Waals surface area contributed by atoms with Crippen LogP contribution in [0.3, 0.4) is 0 Å². The highest BCUT2D eigenvalue weighted by Crippen LogP contribution is 2.16. The lowest BCUT2D eigenvalue weighted by Gasteiger charge is -2.17. The molecular formula is C9H13ClN2O4. The van der Waals surface area contributed by atoms with E-state index in [0.717, 1.165) is 0 Å². The summed E-state index contributed by atoms with van der Waals surface area (Å²) in [6, 6.07) is -0.899.